The second-order valence-electron chi connectivity index (χ2n) is 5.25. The van der Waals surface area contributed by atoms with Crippen molar-refractivity contribution in [2.75, 3.05) is 24.6 Å². The summed E-state index contributed by atoms with van der Waals surface area (Å²) in [7, 11) is 0. The summed E-state index contributed by atoms with van der Waals surface area (Å²) in [6.45, 7) is 3.81. The first-order valence-electron chi connectivity index (χ1n) is 7.69. The maximum absolute atomic E-state index is 11.6. The quantitative estimate of drug-likeness (QED) is 0.925. The van der Waals surface area contributed by atoms with Crippen molar-refractivity contribution < 1.29 is 9.53 Å². The molecule has 122 valence electrons. The van der Waals surface area contributed by atoms with Crippen molar-refractivity contribution in [3.63, 3.8) is 0 Å². The highest BCUT2D eigenvalue weighted by molar-refractivity contribution is 7.18. The third-order valence-corrected chi connectivity index (χ3v) is 4.59. The van der Waals surface area contributed by atoms with Crippen molar-refractivity contribution in [1.29, 1.82) is 0 Å². The molecule has 1 aliphatic heterocycles. The summed E-state index contributed by atoms with van der Waals surface area (Å²) in [6.07, 6.45) is 3.33. The first kappa shape index (κ1) is 15.7. The molecule has 0 saturated carbocycles. The molecule has 1 aliphatic rings. The molecule has 0 bridgehead atoms. The number of anilines is 1. The van der Waals surface area contributed by atoms with E-state index in [0.717, 1.165) is 41.8 Å². The zero-order valence-electron chi connectivity index (χ0n) is 12.9. The van der Waals surface area contributed by atoms with Gasteiger partial charge in [-0.2, -0.15) is 0 Å². The molecule has 0 spiro atoms. The third kappa shape index (κ3) is 3.95. The van der Waals surface area contributed by atoms with E-state index in [1.807, 2.05) is 18.2 Å². The van der Waals surface area contributed by atoms with Crippen molar-refractivity contribution in [3.05, 3.63) is 24.4 Å². The number of amides is 1. The summed E-state index contributed by atoms with van der Waals surface area (Å²) >= 11 is 1.52. The van der Waals surface area contributed by atoms with E-state index in [1.54, 1.807) is 13.1 Å². The van der Waals surface area contributed by atoms with E-state index >= 15 is 0 Å². The standard InChI is InChI=1S/C15H19N5O2S/c1-2-22-15(21)17-11-6-5-9-20(10-11)14-19-18-13(23-14)12-7-3-4-8-16-12/h3-4,7-8,11H,2,5-6,9-10H2,1H3,(H,17,21). The van der Waals surface area contributed by atoms with Gasteiger partial charge < -0.3 is 15.0 Å². The molecule has 3 heterocycles. The molecule has 1 fully saturated rings. The third-order valence-electron chi connectivity index (χ3n) is 3.59. The number of carbonyl (C=O) groups excluding carboxylic acids is 1. The number of nitrogens with zero attached hydrogens (tertiary/aromatic N) is 4. The molecule has 8 heteroatoms. The van der Waals surface area contributed by atoms with Gasteiger partial charge in [0.25, 0.3) is 0 Å². The van der Waals surface area contributed by atoms with Gasteiger partial charge in [-0.1, -0.05) is 17.4 Å². The van der Waals surface area contributed by atoms with Gasteiger partial charge in [0, 0.05) is 25.3 Å². The number of piperidine rings is 1. The van der Waals surface area contributed by atoms with Crippen LogP contribution in [0.1, 0.15) is 19.8 Å². The van der Waals surface area contributed by atoms with E-state index < -0.39 is 0 Å². The topological polar surface area (TPSA) is 80.2 Å². The van der Waals surface area contributed by atoms with Gasteiger partial charge in [-0.15, -0.1) is 10.2 Å². The van der Waals surface area contributed by atoms with Gasteiger partial charge in [-0.25, -0.2) is 4.79 Å². The molecule has 3 rings (SSSR count). The summed E-state index contributed by atoms with van der Waals surface area (Å²) in [6, 6.07) is 5.81. The van der Waals surface area contributed by atoms with E-state index in [9.17, 15) is 4.79 Å². The number of rotatable bonds is 4. The number of aromatic nitrogens is 3. The molecule has 0 aliphatic carbocycles. The van der Waals surface area contributed by atoms with E-state index in [2.05, 4.69) is 25.4 Å². The highest BCUT2D eigenvalue weighted by Crippen LogP contribution is 2.29. The Morgan fingerprint density at radius 2 is 2.39 bits per heavy atom. The minimum Gasteiger partial charge on any atom is -0.450 e. The molecule has 7 nitrogen and oxygen atoms in total. The van der Waals surface area contributed by atoms with Crippen LogP contribution in [0, 0.1) is 0 Å². The smallest absolute Gasteiger partial charge is 0.407 e. The van der Waals surface area contributed by atoms with Crippen LogP contribution in [0.4, 0.5) is 9.93 Å². The Kier molecular flexibility index (Phi) is 5.02. The first-order chi connectivity index (χ1) is 11.3. The predicted molar refractivity (Wildman–Crippen MR) is 88.5 cm³/mol. The van der Waals surface area contributed by atoms with Gasteiger partial charge in [0.15, 0.2) is 5.01 Å². The van der Waals surface area contributed by atoms with Gasteiger partial charge in [-0.3, -0.25) is 4.98 Å². The molecular weight excluding hydrogens is 314 g/mol. The molecule has 0 radical (unpaired) electrons. The van der Waals surface area contributed by atoms with Gasteiger partial charge in [0.2, 0.25) is 5.13 Å². The lowest BCUT2D eigenvalue weighted by atomic mass is 10.1. The van der Waals surface area contributed by atoms with Crippen LogP contribution >= 0.6 is 11.3 Å². The Bertz CT molecular complexity index is 648. The molecule has 1 atom stereocenters. The second-order valence-corrected chi connectivity index (χ2v) is 6.21. The average Bonchev–Trinajstić information content (AvgIpc) is 3.06. The number of ether oxygens (including phenoxy) is 1. The highest BCUT2D eigenvalue weighted by atomic mass is 32.1. The summed E-state index contributed by atoms with van der Waals surface area (Å²) in [5.41, 5.74) is 0.828. The zero-order valence-corrected chi connectivity index (χ0v) is 13.8. The van der Waals surface area contributed by atoms with Crippen LogP contribution in [0.15, 0.2) is 24.4 Å². The Balaban J connectivity index is 1.65. The number of hydrogen-bond acceptors (Lipinski definition) is 7. The molecule has 1 unspecified atom stereocenters. The SMILES string of the molecule is CCOC(=O)NC1CCCN(c2nnc(-c3ccccn3)s2)C1. The van der Waals surface area contributed by atoms with Crippen LogP contribution in [0.5, 0.6) is 0 Å². The Labute approximate surface area is 138 Å². The minimum absolute atomic E-state index is 0.0741. The number of pyridine rings is 1. The number of carbonyl (C=O) groups is 1. The van der Waals surface area contributed by atoms with Crippen LogP contribution in [0.3, 0.4) is 0 Å². The fourth-order valence-corrected chi connectivity index (χ4v) is 3.40. The van der Waals surface area contributed by atoms with E-state index in [-0.39, 0.29) is 12.1 Å². The zero-order chi connectivity index (χ0) is 16.1. The Hall–Kier alpha value is -2.22. The molecule has 1 amide bonds. The first-order valence-corrected chi connectivity index (χ1v) is 8.51. The van der Waals surface area contributed by atoms with Crippen LogP contribution in [-0.4, -0.2) is 47.0 Å². The van der Waals surface area contributed by atoms with Crippen molar-refractivity contribution in [2.45, 2.75) is 25.8 Å². The second kappa shape index (κ2) is 7.36. The minimum atomic E-state index is -0.356. The van der Waals surface area contributed by atoms with E-state index in [1.165, 1.54) is 11.3 Å². The van der Waals surface area contributed by atoms with Crippen LogP contribution in [0.2, 0.25) is 0 Å². The molecular formula is C15H19N5O2S. The largest absolute Gasteiger partial charge is 0.450 e. The number of hydrogen-bond donors (Lipinski definition) is 1. The average molecular weight is 333 g/mol. The maximum Gasteiger partial charge on any atom is 0.407 e. The monoisotopic (exact) mass is 333 g/mol. The molecule has 1 saturated heterocycles. The van der Waals surface area contributed by atoms with Crippen molar-refractivity contribution >= 4 is 22.6 Å². The van der Waals surface area contributed by atoms with Crippen LogP contribution in [-0.2, 0) is 4.74 Å². The summed E-state index contributed by atoms with van der Waals surface area (Å²) in [5, 5.41) is 13.1. The van der Waals surface area contributed by atoms with E-state index in [0.29, 0.717) is 6.61 Å². The van der Waals surface area contributed by atoms with Crippen LogP contribution in [0.25, 0.3) is 10.7 Å². The Morgan fingerprint density at radius 1 is 1.48 bits per heavy atom. The van der Waals surface area contributed by atoms with Crippen molar-refractivity contribution in [1.82, 2.24) is 20.5 Å². The summed E-state index contributed by atoms with van der Waals surface area (Å²) in [5.74, 6) is 0. The summed E-state index contributed by atoms with van der Waals surface area (Å²) in [4.78, 5) is 18.0. The van der Waals surface area contributed by atoms with Crippen molar-refractivity contribution in [2.24, 2.45) is 0 Å². The van der Waals surface area contributed by atoms with E-state index in [4.69, 9.17) is 4.74 Å². The highest BCUT2D eigenvalue weighted by Gasteiger charge is 2.24. The molecule has 1 N–H and O–H groups in total. The fourth-order valence-electron chi connectivity index (χ4n) is 2.54. The molecule has 2 aromatic heterocycles. The van der Waals surface area contributed by atoms with Gasteiger partial charge in [0.05, 0.1) is 6.61 Å². The fraction of sp³-hybridized carbons (Fsp3) is 0.467. The number of nitrogens with one attached hydrogen (secondary N) is 1. The Morgan fingerprint density at radius 3 is 3.17 bits per heavy atom. The molecule has 0 aromatic carbocycles. The lowest BCUT2D eigenvalue weighted by molar-refractivity contribution is 0.146. The normalized spacial score (nSPS) is 17.8. The van der Waals surface area contributed by atoms with Gasteiger partial charge in [-0.05, 0) is 31.9 Å². The summed E-state index contributed by atoms with van der Waals surface area (Å²) < 4.78 is 4.95. The van der Waals surface area contributed by atoms with Crippen molar-refractivity contribution in [3.8, 4) is 10.7 Å². The van der Waals surface area contributed by atoms with Gasteiger partial charge >= 0.3 is 6.09 Å². The van der Waals surface area contributed by atoms with Crippen LogP contribution < -0.4 is 10.2 Å². The molecule has 23 heavy (non-hydrogen) atoms. The maximum atomic E-state index is 11.6. The van der Waals surface area contributed by atoms with Gasteiger partial charge in [0.1, 0.15) is 5.69 Å². The lowest BCUT2D eigenvalue weighted by Gasteiger charge is -2.32. The predicted octanol–water partition coefficient (Wildman–Crippen LogP) is 2.32. The number of alkyl carbamates (subject to hydrolysis) is 1. The lowest BCUT2D eigenvalue weighted by Crippen LogP contribution is -2.48. The molecule has 2 aromatic rings.